The lowest BCUT2D eigenvalue weighted by Crippen LogP contribution is -2.45. The zero-order chi connectivity index (χ0) is 12.3. The van der Waals surface area contributed by atoms with Gasteiger partial charge in [0.25, 0.3) is 0 Å². The van der Waals surface area contributed by atoms with Crippen LogP contribution in [0.1, 0.15) is 31.4 Å². The van der Waals surface area contributed by atoms with E-state index in [0.717, 1.165) is 18.7 Å². The quantitative estimate of drug-likeness (QED) is 0.867. The molecule has 1 aliphatic heterocycles. The first-order valence-corrected chi connectivity index (χ1v) is 6.37. The molecule has 1 aromatic carbocycles. The van der Waals surface area contributed by atoms with Gasteiger partial charge in [0, 0.05) is 18.6 Å². The van der Waals surface area contributed by atoms with Crippen LogP contribution in [0.2, 0.25) is 0 Å². The summed E-state index contributed by atoms with van der Waals surface area (Å²) in [6.07, 6.45) is 2.45. The second kappa shape index (κ2) is 5.61. The summed E-state index contributed by atoms with van der Waals surface area (Å²) in [6, 6.07) is 7.81. The van der Waals surface area contributed by atoms with E-state index in [9.17, 15) is 4.39 Å². The molecule has 1 aliphatic rings. The van der Waals surface area contributed by atoms with Gasteiger partial charge in [-0.25, -0.2) is 4.39 Å². The maximum atomic E-state index is 13.2. The summed E-state index contributed by atoms with van der Waals surface area (Å²) in [4.78, 5) is 2.43. The number of likely N-dealkylation sites (N-methyl/N-ethyl adjacent to an activating group) is 1. The molecule has 17 heavy (non-hydrogen) atoms. The minimum Gasteiger partial charge on any atom is -0.316 e. The third-order valence-corrected chi connectivity index (χ3v) is 3.74. The fourth-order valence-electron chi connectivity index (χ4n) is 2.57. The Balaban J connectivity index is 2.06. The van der Waals surface area contributed by atoms with Gasteiger partial charge in [-0.15, -0.1) is 0 Å². The van der Waals surface area contributed by atoms with Crippen LogP contribution in [0.3, 0.4) is 0 Å². The van der Waals surface area contributed by atoms with E-state index in [0.29, 0.717) is 12.1 Å². The number of hydrogen-bond acceptors (Lipinski definition) is 2. The highest BCUT2D eigenvalue weighted by Gasteiger charge is 2.23. The average Bonchev–Trinajstić information content (AvgIpc) is 2.38. The number of likely N-dealkylation sites (tertiary alicyclic amines) is 1. The molecule has 0 radical (unpaired) electrons. The maximum absolute atomic E-state index is 13.2. The zero-order valence-corrected chi connectivity index (χ0v) is 10.6. The Morgan fingerprint density at radius 3 is 3.00 bits per heavy atom. The molecule has 0 aliphatic carbocycles. The van der Waals surface area contributed by atoms with Gasteiger partial charge in [-0.1, -0.05) is 12.1 Å². The van der Waals surface area contributed by atoms with Crippen molar-refractivity contribution in [2.45, 2.75) is 31.8 Å². The van der Waals surface area contributed by atoms with E-state index in [1.54, 1.807) is 12.1 Å². The first kappa shape index (κ1) is 12.5. The molecule has 0 amide bonds. The fraction of sp³-hybridized carbons (Fsp3) is 0.571. The molecule has 94 valence electrons. The van der Waals surface area contributed by atoms with Gasteiger partial charge in [-0.3, -0.25) is 4.90 Å². The van der Waals surface area contributed by atoms with E-state index in [1.807, 2.05) is 13.1 Å². The van der Waals surface area contributed by atoms with Crippen LogP contribution in [0.15, 0.2) is 24.3 Å². The highest BCUT2D eigenvalue weighted by atomic mass is 19.1. The number of benzene rings is 1. The van der Waals surface area contributed by atoms with Crippen LogP contribution in [-0.4, -0.2) is 31.1 Å². The normalized spacial score (nSPS) is 23.6. The summed E-state index contributed by atoms with van der Waals surface area (Å²) < 4.78 is 13.2. The van der Waals surface area contributed by atoms with Crippen molar-refractivity contribution in [1.29, 1.82) is 0 Å². The lowest BCUT2D eigenvalue weighted by molar-refractivity contribution is 0.149. The van der Waals surface area contributed by atoms with Crippen molar-refractivity contribution in [2.75, 3.05) is 20.1 Å². The van der Waals surface area contributed by atoms with E-state index >= 15 is 0 Å². The van der Waals surface area contributed by atoms with Gasteiger partial charge < -0.3 is 5.32 Å². The van der Waals surface area contributed by atoms with Gasteiger partial charge in [-0.2, -0.15) is 0 Å². The molecular formula is C14H21FN2. The largest absolute Gasteiger partial charge is 0.316 e. The van der Waals surface area contributed by atoms with Crippen molar-refractivity contribution in [3.63, 3.8) is 0 Å². The molecule has 0 spiro atoms. The molecule has 2 atom stereocenters. The van der Waals surface area contributed by atoms with E-state index in [4.69, 9.17) is 0 Å². The Kier molecular flexibility index (Phi) is 4.13. The maximum Gasteiger partial charge on any atom is 0.123 e. The van der Waals surface area contributed by atoms with Crippen molar-refractivity contribution < 1.29 is 4.39 Å². The summed E-state index contributed by atoms with van der Waals surface area (Å²) in [6.45, 7) is 4.32. The van der Waals surface area contributed by atoms with Crippen molar-refractivity contribution in [3.05, 3.63) is 35.6 Å². The number of piperidine rings is 1. The Morgan fingerprint density at radius 2 is 2.29 bits per heavy atom. The predicted octanol–water partition coefficient (Wildman–Crippen LogP) is 2.57. The van der Waals surface area contributed by atoms with Crippen LogP contribution >= 0.6 is 0 Å². The monoisotopic (exact) mass is 236 g/mol. The van der Waals surface area contributed by atoms with Gasteiger partial charge in [0.15, 0.2) is 0 Å². The van der Waals surface area contributed by atoms with Crippen LogP contribution in [0.4, 0.5) is 4.39 Å². The molecule has 2 rings (SSSR count). The second-order valence-corrected chi connectivity index (χ2v) is 4.85. The van der Waals surface area contributed by atoms with Gasteiger partial charge >= 0.3 is 0 Å². The van der Waals surface area contributed by atoms with Gasteiger partial charge in [0.2, 0.25) is 0 Å². The molecule has 3 heteroatoms. The third kappa shape index (κ3) is 3.05. The molecular weight excluding hydrogens is 215 g/mol. The Morgan fingerprint density at radius 1 is 1.47 bits per heavy atom. The molecule has 2 nitrogen and oxygen atoms in total. The fourth-order valence-corrected chi connectivity index (χ4v) is 2.57. The van der Waals surface area contributed by atoms with Crippen LogP contribution < -0.4 is 5.32 Å². The molecule has 1 heterocycles. The van der Waals surface area contributed by atoms with Crippen LogP contribution in [0, 0.1) is 5.82 Å². The minimum absolute atomic E-state index is 0.142. The summed E-state index contributed by atoms with van der Waals surface area (Å²) in [5, 5.41) is 3.34. The number of nitrogens with zero attached hydrogens (tertiary/aromatic N) is 1. The molecule has 2 unspecified atom stereocenters. The van der Waals surface area contributed by atoms with E-state index in [2.05, 4.69) is 17.1 Å². The molecule has 1 aromatic rings. The van der Waals surface area contributed by atoms with Crippen molar-refractivity contribution in [1.82, 2.24) is 10.2 Å². The minimum atomic E-state index is -0.142. The summed E-state index contributed by atoms with van der Waals surface area (Å²) >= 11 is 0. The Labute approximate surface area is 103 Å². The Bertz CT molecular complexity index is 367. The van der Waals surface area contributed by atoms with Crippen LogP contribution in [0.25, 0.3) is 0 Å². The van der Waals surface area contributed by atoms with Crippen LogP contribution in [0.5, 0.6) is 0 Å². The van der Waals surface area contributed by atoms with E-state index in [1.165, 1.54) is 18.9 Å². The zero-order valence-electron chi connectivity index (χ0n) is 10.6. The molecule has 0 aromatic heterocycles. The number of nitrogens with one attached hydrogen (secondary N) is 1. The lowest BCUT2D eigenvalue weighted by Gasteiger charge is -2.36. The first-order chi connectivity index (χ1) is 8.20. The lowest BCUT2D eigenvalue weighted by atomic mass is 10.0. The van der Waals surface area contributed by atoms with Crippen molar-refractivity contribution in [3.8, 4) is 0 Å². The van der Waals surface area contributed by atoms with Gasteiger partial charge in [0.05, 0.1) is 0 Å². The topological polar surface area (TPSA) is 15.3 Å². The van der Waals surface area contributed by atoms with Crippen molar-refractivity contribution >= 4 is 0 Å². The van der Waals surface area contributed by atoms with Crippen LogP contribution in [-0.2, 0) is 0 Å². The Hall–Kier alpha value is -0.930. The number of hydrogen-bond donors (Lipinski definition) is 1. The van der Waals surface area contributed by atoms with Crippen molar-refractivity contribution in [2.24, 2.45) is 0 Å². The molecule has 1 N–H and O–H groups in total. The SMILES string of the molecule is CNC1CCCN(C(C)c2cccc(F)c2)C1. The highest BCUT2D eigenvalue weighted by Crippen LogP contribution is 2.24. The summed E-state index contributed by atoms with van der Waals surface area (Å²) in [5.41, 5.74) is 1.07. The first-order valence-electron chi connectivity index (χ1n) is 6.37. The summed E-state index contributed by atoms with van der Waals surface area (Å²) in [7, 11) is 2.01. The van der Waals surface area contributed by atoms with E-state index < -0.39 is 0 Å². The average molecular weight is 236 g/mol. The highest BCUT2D eigenvalue weighted by molar-refractivity contribution is 5.19. The van der Waals surface area contributed by atoms with Gasteiger partial charge in [0.1, 0.15) is 5.82 Å². The number of rotatable bonds is 3. The second-order valence-electron chi connectivity index (χ2n) is 4.85. The molecule has 0 bridgehead atoms. The molecule has 0 saturated carbocycles. The van der Waals surface area contributed by atoms with E-state index in [-0.39, 0.29) is 5.82 Å². The third-order valence-electron chi connectivity index (χ3n) is 3.74. The predicted molar refractivity (Wildman–Crippen MR) is 68.5 cm³/mol. The van der Waals surface area contributed by atoms with Gasteiger partial charge in [-0.05, 0) is 51.1 Å². The molecule has 1 fully saturated rings. The summed E-state index contributed by atoms with van der Waals surface area (Å²) in [5.74, 6) is -0.142. The standard InChI is InChI=1S/C14H21FN2/c1-11(12-5-3-6-13(15)9-12)17-8-4-7-14(10-17)16-2/h3,5-6,9,11,14,16H,4,7-8,10H2,1-2H3. The number of halogens is 1. The molecule has 1 saturated heterocycles. The smallest absolute Gasteiger partial charge is 0.123 e.